The molecule has 3 N–H and O–H groups in total. The van der Waals surface area contributed by atoms with E-state index < -0.39 is 11.4 Å². The largest absolute Gasteiger partial charge is 0.481 e. The molecular weight excluding hydrogens is 270 g/mol. The van der Waals surface area contributed by atoms with Gasteiger partial charge in [-0.25, -0.2) is 4.79 Å². The van der Waals surface area contributed by atoms with Gasteiger partial charge in [0.15, 0.2) is 0 Å². The Labute approximate surface area is 126 Å². The molecule has 0 saturated carbocycles. The van der Waals surface area contributed by atoms with Crippen molar-refractivity contribution in [3.8, 4) is 0 Å². The molecule has 120 valence electrons. The molecule has 1 atom stereocenters. The normalized spacial score (nSPS) is 27.7. The van der Waals surface area contributed by atoms with Crippen molar-refractivity contribution in [1.82, 2.24) is 9.80 Å². The summed E-state index contributed by atoms with van der Waals surface area (Å²) in [5.41, 5.74) is 5.11. The first-order valence-corrected chi connectivity index (χ1v) is 8.01. The minimum atomic E-state index is -0.762. The van der Waals surface area contributed by atoms with Crippen molar-refractivity contribution >= 4 is 12.0 Å². The van der Waals surface area contributed by atoms with Crippen molar-refractivity contribution in [2.75, 3.05) is 26.2 Å². The first-order chi connectivity index (χ1) is 9.98. The molecule has 0 aliphatic carbocycles. The lowest BCUT2D eigenvalue weighted by molar-refractivity contribution is -0.152. The number of carbonyl (C=O) groups excluding carboxylic acids is 1. The highest BCUT2D eigenvalue weighted by Crippen LogP contribution is 2.35. The first-order valence-electron chi connectivity index (χ1n) is 8.01. The van der Waals surface area contributed by atoms with Gasteiger partial charge >= 0.3 is 12.0 Å². The zero-order chi connectivity index (χ0) is 15.5. The van der Waals surface area contributed by atoms with Gasteiger partial charge in [-0.15, -0.1) is 0 Å². The number of piperidine rings is 2. The molecule has 6 heteroatoms. The van der Waals surface area contributed by atoms with E-state index in [-0.39, 0.29) is 12.1 Å². The molecule has 21 heavy (non-hydrogen) atoms. The number of aliphatic carboxylic acids is 1. The molecule has 2 saturated heterocycles. The van der Waals surface area contributed by atoms with Gasteiger partial charge in [-0.2, -0.15) is 0 Å². The fraction of sp³-hybridized carbons (Fsp3) is 0.867. The van der Waals surface area contributed by atoms with E-state index in [1.54, 1.807) is 4.90 Å². The molecule has 0 bridgehead atoms. The Hall–Kier alpha value is -1.30. The van der Waals surface area contributed by atoms with E-state index in [1.165, 1.54) is 0 Å². The highest BCUT2D eigenvalue weighted by molar-refractivity contribution is 5.79. The van der Waals surface area contributed by atoms with E-state index >= 15 is 0 Å². The molecule has 6 nitrogen and oxygen atoms in total. The number of hydrogen-bond donors (Lipinski definition) is 2. The lowest BCUT2D eigenvalue weighted by Gasteiger charge is -2.42. The number of carboxylic acid groups (broad SMARTS) is 1. The van der Waals surface area contributed by atoms with Crippen molar-refractivity contribution in [1.29, 1.82) is 0 Å². The van der Waals surface area contributed by atoms with Gasteiger partial charge in [-0.3, -0.25) is 4.79 Å². The standard InChI is InChI=1S/C15H27N3O3/c1-2-6-15(13(19)20)7-3-8-18(11-15)14(21)17-9-4-12(16)5-10-17/h12H,2-11,16H2,1H3,(H,19,20). The van der Waals surface area contributed by atoms with Crippen molar-refractivity contribution in [2.24, 2.45) is 11.1 Å². The third-order valence-corrected chi connectivity index (χ3v) is 4.84. The summed E-state index contributed by atoms with van der Waals surface area (Å²) in [6.45, 7) is 4.38. The summed E-state index contributed by atoms with van der Waals surface area (Å²) in [4.78, 5) is 27.8. The maximum absolute atomic E-state index is 12.6. The van der Waals surface area contributed by atoms with E-state index in [0.717, 1.165) is 25.7 Å². The third kappa shape index (κ3) is 3.48. The van der Waals surface area contributed by atoms with Crippen LogP contribution in [0.4, 0.5) is 4.79 Å². The maximum Gasteiger partial charge on any atom is 0.320 e. The monoisotopic (exact) mass is 297 g/mol. The first kappa shape index (κ1) is 16.1. The second-order valence-electron chi connectivity index (χ2n) is 6.47. The Kier molecular flexibility index (Phi) is 5.08. The number of carboxylic acids is 1. The molecule has 2 amide bonds. The second kappa shape index (κ2) is 6.64. The van der Waals surface area contributed by atoms with Gasteiger partial charge in [-0.1, -0.05) is 13.3 Å². The summed E-state index contributed by atoms with van der Waals surface area (Å²) in [5.74, 6) is -0.762. The Morgan fingerprint density at radius 1 is 1.24 bits per heavy atom. The number of nitrogens with two attached hydrogens (primary N) is 1. The van der Waals surface area contributed by atoms with Crippen molar-refractivity contribution < 1.29 is 14.7 Å². The molecule has 2 aliphatic rings. The van der Waals surface area contributed by atoms with E-state index in [4.69, 9.17) is 5.73 Å². The zero-order valence-corrected chi connectivity index (χ0v) is 12.9. The predicted molar refractivity (Wildman–Crippen MR) is 80.0 cm³/mol. The van der Waals surface area contributed by atoms with E-state index in [1.807, 2.05) is 11.8 Å². The molecule has 2 heterocycles. The van der Waals surface area contributed by atoms with Gasteiger partial charge in [0.25, 0.3) is 0 Å². The van der Waals surface area contributed by atoms with E-state index in [2.05, 4.69) is 0 Å². The molecule has 0 spiro atoms. The number of carbonyl (C=O) groups is 2. The summed E-state index contributed by atoms with van der Waals surface area (Å²) < 4.78 is 0. The van der Waals surface area contributed by atoms with Crippen LogP contribution in [0.2, 0.25) is 0 Å². The summed E-state index contributed by atoms with van der Waals surface area (Å²) >= 11 is 0. The van der Waals surface area contributed by atoms with Crippen LogP contribution in [0.5, 0.6) is 0 Å². The van der Waals surface area contributed by atoms with Crippen molar-refractivity contribution in [3.05, 3.63) is 0 Å². The molecule has 0 aromatic carbocycles. The van der Waals surface area contributed by atoms with E-state index in [0.29, 0.717) is 39.0 Å². The highest BCUT2D eigenvalue weighted by atomic mass is 16.4. The number of amides is 2. The molecule has 2 aliphatic heterocycles. The maximum atomic E-state index is 12.6. The zero-order valence-electron chi connectivity index (χ0n) is 12.9. The third-order valence-electron chi connectivity index (χ3n) is 4.84. The number of urea groups is 1. The fourth-order valence-corrected chi connectivity index (χ4v) is 3.55. The van der Waals surface area contributed by atoms with E-state index in [9.17, 15) is 14.7 Å². The SMILES string of the molecule is CCCC1(C(=O)O)CCCN(C(=O)N2CCC(N)CC2)C1. The van der Waals surface area contributed by atoms with Gasteiger partial charge in [-0.05, 0) is 32.1 Å². The molecular formula is C15H27N3O3. The smallest absolute Gasteiger partial charge is 0.320 e. The van der Waals surface area contributed by atoms with Gasteiger partial charge < -0.3 is 20.6 Å². The van der Waals surface area contributed by atoms with Crippen LogP contribution in [0.1, 0.15) is 45.4 Å². The Morgan fingerprint density at radius 2 is 1.90 bits per heavy atom. The van der Waals surface area contributed by atoms with Crippen molar-refractivity contribution in [2.45, 2.75) is 51.5 Å². The topological polar surface area (TPSA) is 86.9 Å². The number of likely N-dealkylation sites (tertiary alicyclic amines) is 2. The Balaban J connectivity index is 2.02. The van der Waals surface area contributed by atoms with Crippen LogP contribution in [-0.2, 0) is 4.79 Å². The van der Waals surface area contributed by atoms with Crippen LogP contribution < -0.4 is 5.73 Å². The second-order valence-corrected chi connectivity index (χ2v) is 6.47. The molecule has 0 aromatic rings. The Morgan fingerprint density at radius 3 is 2.48 bits per heavy atom. The average molecular weight is 297 g/mol. The molecule has 0 aromatic heterocycles. The minimum absolute atomic E-state index is 0.0108. The molecule has 2 fully saturated rings. The summed E-state index contributed by atoms with van der Waals surface area (Å²) in [7, 11) is 0. The average Bonchev–Trinajstić information content (AvgIpc) is 2.48. The summed E-state index contributed by atoms with van der Waals surface area (Å²) in [5, 5.41) is 9.60. The summed E-state index contributed by atoms with van der Waals surface area (Å²) in [6.07, 6.45) is 4.57. The molecule has 1 unspecified atom stereocenters. The lowest BCUT2D eigenvalue weighted by Crippen LogP contribution is -2.55. The van der Waals surface area contributed by atoms with Crippen LogP contribution in [-0.4, -0.2) is 59.1 Å². The quantitative estimate of drug-likeness (QED) is 0.826. The molecule has 0 radical (unpaired) electrons. The lowest BCUT2D eigenvalue weighted by atomic mass is 9.76. The van der Waals surface area contributed by atoms with Gasteiger partial charge in [0.05, 0.1) is 5.41 Å². The van der Waals surface area contributed by atoms with Crippen LogP contribution >= 0.6 is 0 Å². The fourth-order valence-electron chi connectivity index (χ4n) is 3.55. The van der Waals surface area contributed by atoms with Crippen LogP contribution in [0, 0.1) is 5.41 Å². The van der Waals surface area contributed by atoms with Crippen LogP contribution in [0.25, 0.3) is 0 Å². The number of hydrogen-bond acceptors (Lipinski definition) is 3. The Bertz CT molecular complexity index is 390. The number of nitrogens with zero attached hydrogens (tertiary/aromatic N) is 2. The van der Waals surface area contributed by atoms with Crippen LogP contribution in [0.3, 0.4) is 0 Å². The van der Waals surface area contributed by atoms with Gasteiger partial charge in [0.2, 0.25) is 0 Å². The molecule has 2 rings (SSSR count). The van der Waals surface area contributed by atoms with Crippen molar-refractivity contribution in [3.63, 3.8) is 0 Å². The van der Waals surface area contributed by atoms with Gasteiger partial charge in [0.1, 0.15) is 0 Å². The van der Waals surface area contributed by atoms with Crippen LogP contribution in [0.15, 0.2) is 0 Å². The van der Waals surface area contributed by atoms with Gasteiger partial charge in [0, 0.05) is 32.2 Å². The summed E-state index contributed by atoms with van der Waals surface area (Å²) in [6, 6.07) is 0.178. The number of rotatable bonds is 3. The predicted octanol–water partition coefficient (Wildman–Crippen LogP) is 1.50. The minimum Gasteiger partial charge on any atom is -0.481 e. The highest BCUT2D eigenvalue weighted by Gasteiger charge is 2.43.